The van der Waals surface area contributed by atoms with Gasteiger partial charge in [-0.3, -0.25) is 9.69 Å². The Bertz CT molecular complexity index is 1060. The molecule has 1 N–H and O–H groups in total. The van der Waals surface area contributed by atoms with Crippen LogP contribution in [0.3, 0.4) is 0 Å². The number of carbonyl (C=O) groups excluding carboxylic acids is 1. The molecule has 4 rings (SSSR count). The highest BCUT2D eigenvalue weighted by Crippen LogP contribution is 2.25. The number of amides is 1. The average molecular weight is 499 g/mol. The Morgan fingerprint density at radius 3 is 2.14 bits per heavy atom. The third-order valence-corrected chi connectivity index (χ3v) is 9.14. The summed E-state index contributed by atoms with van der Waals surface area (Å²) in [5, 5.41) is 3.08. The smallest absolute Gasteiger partial charge is 0.243 e. The van der Waals surface area contributed by atoms with Crippen LogP contribution in [0.25, 0.3) is 0 Å². The number of nitrogens with one attached hydrogen (secondary N) is 1. The molecule has 0 radical (unpaired) electrons. The molecule has 35 heavy (non-hydrogen) atoms. The van der Waals surface area contributed by atoms with E-state index in [1.54, 1.807) is 12.1 Å². The van der Waals surface area contributed by atoms with E-state index in [4.69, 9.17) is 0 Å². The largest absolute Gasteiger partial charge is 0.369 e. The summed E-state index contributed by atoms with van der Waals surface area (Å²) in [4.78, 5) is 17.8. The Kier molecular flexibility index (Phi) is 8.46. The van der Waals surface area contributed by atoms with E-state index in [0.29, 0.717) is 43.3 Å². The van der Waals surface area contributed by atoms with Crippen molar-refractivity contribution in [2.24, 2.45) is 5.92 Å². The number of hydrogen-bond acceptors (Lipinski definition) is 5. The molecule has 0 aromatic heterocycles. The van der Waals surface area contributed by atoms with Gasteiger partial charge < -0.3 is 10.2 Å². The highest BCUT2D eigenvalue weighted by Gasteiger charge is 2.32. The predicted molar refractivity (Wildman–Crippen MR) is 140 cm³/mol. The second-order valence-corrected chi connectivity index (χ2v) is 11.8. The summed E-state index contributed by atoms with van der Waals surface area (Å²) in [7, 11) is -3.52. The fourth-order valence-corrected chi connectivity index (χ4v) is 6.35. The number of piperazine rings is 1. The van der Waals surface area contributed by atoms with Gasteiger partial charge >= 0.3 is 0 Å². The van der Waals surface area contributed by atoms with Crippen molar-refractivity contribution >= 4 is 21.6 Å². The van der Waals surface area contributed by atoms with E-state index in [1.165, 1.54) is 9.99 Å². The highest BCUT2D eigenvalue weighted by molar-refractivity contribution is 7.89. The summed E-state index contributed by atoms with van der Waals surface area (Å²) in [5.41, 5.74) is 2.39. The molecule has 8 heteroatoms. The number of carbonyl (C=O) groups is 1. The minimum absolute atomic E-state index is 0.0475. The molecule has 1 amide bonds. The zero-order chi connectivity index (χ0) is 24.8. The average Bonchev–Trinajstić information content (AvgIpc) is 2.89. The first-order valence-corrected chi connectivity index (χ1v) is 14.2. The first-order chi connectivity index (χ1) is 16.8. The van der Waals surface area contributed by atoms with Crippen LogP contribution in [0.2, 0.25) is 0 Å². The van der Waals surface area contributed by atoms with Gasteiger partial charge in [0.2, 0.25) is 15.9 Å². The van der Waals surface area contributed by atoms with Gasteiger partial charge in [-0.25, -0.2) is 8.42 Å². The van der Waals surface area contributed by atoms with Crippen molar-refractivity contribution < 1.29 is 13.2 Å². The van der Waals surface area contributed by atoms with Crippen molar-refractivity contribution in [3.63, 3.8) is 0 Å². The van der Waals surface area contributed by atoms with Gasteiger partial charge in [0.1, 0.15) is 0 Å². The first-order valence-electron chi connectivity index (χ1n) is 12.7. The molecule has 0 unspecified atom stereocenters. The van der Waals surface area contributed by atoms with E-state index in [2.05, 4.69) is 53.2 Å². The van der Waals surface area contributed by atoms with Gasteiger partial charge in [0.15, 0.2) is 0 Å². The van der Waals surface area contributed by atoms with Crippen LogP contribution in [0.4, 0.5) is 5.69 Å². The SMILES string of the molecule is CC(C)c1ccc(S(=O)(=O)N2CCC(C(=O)NCCN3CCN(c4ccccc4)CC3)CC2)cc1. The molecule has 2 aromatic rings. The molecule has 2 fully saturated rings. The second-order valence-electron chi connectivity index (χ2n) is 9.86. The van der Waals surface area contributed by atoms with E-state index < -0.39 is 10.0 Å². The summed E-state index contributed by atoms with van der Waals surface area (Å²) in [6, 6.07) is 17.6. The van der Waals surface area contributed by atoms with Crippen LogP contribution in [0, 0.1) is 5.92 Å². The second kappa shape index (κ2) is 11.5. The number of para-hydroxylation sites is 1. The van der Waals surface area contributed by atoms with Gasteiger partial charge in [-0.05, 0) is 48.6 Å². The van der Waals surface area contributed by atoms with E-state index >= 15 is 0 Å². The first kappa shape index (κ1) is 25.7. The number of benzene rings is 2. The summed E-state index contributed by atoms with van der Waals surface area (Å²) >= 11 is 0. The molecule has 0 atom stereocenters. The minimum atomic E-state index is -3.52. The van der Waals surface area contributed by atoms with Crippen molar-refractivity contribution in [3.8, 4) is 0 Å². The quantitative estimate of drug-likeness (QED) is 0.605. The predicted octanol–water partition coefficient (Wildman–Crippen LogP) is 3.15. The lowest BCUT2D eigenvalue weighted by atomic mass is 9.97. The number of hydrogen-bond donors (Lipinski definition) is 1. The molecule has 0 spiro atoms. The van der Waals surface area contributed by atoms with Crippen molar-refractivity contribution in [2.75, 3.05) is 57.3 Å². The number of nitrogens with zero attached hydrogens (tertiary/aromatic N) is 3. The lowest BCUT2D eigenvalue weighted by Gasteiger charge is -2.36. The van der Waals surface area contributed by atoms with Crippen molar-refractivity contribution in [1.82, 2.24) is 14.5 Å². The lowest BCUT2D eigenvalue weighted by Crippen LogP contribution is -2.49. The van der Waals surface area contributed by atoms with Crippen LogP contribution in [0.1, 0.15) is 38.2 Å². The normalized spacial score (nSPS) is 18.7. The molecule has 0 bridgehead atoms. The Balaban J connectivity index is 1.18. The summed E-state index contributed by atoms with van der Waals surface area (Å²) in [6.07, 6.45) is 1.12. The summed E-state index contributed by atoms with van der Waals surface area (Å²) < 4.78 is 27.6. The number of sulfonamides is 1. The standard InChI is InChI=1S/C27H38N4O3S/c1-22(2)23-8-10-26(11-9-23)35(33,34)31-15-12-24(13-16-31)27(32)28-14-17-29-18-20-30(21-19-29)25-6-4-3-5-7-25/h3-11,22,24H,12-21H2,1-2H3,(H,28,32). The third kappa shape index (κ3) is 6.42. The van der Waals surface area contributed by atoms with E-state index in [9.17, 15) is 13.2 Å². The molecule has 2 saturated heterocycles. The molecule has 2 heterocycles. The van der Waals surface area contributed by atoms with Crippen LogP contribution >= 0.6 is 0 Å². The Labute approximate surface area is 210 Å². The Morgan fingerprint density at radius 2 is 1.54 bits per heavy atom. The number of anilines is 1. The van der Waals surface area contributed by atoms with Gasteiger partial charge in [-0.1, -0.05) is 44.2 Å². The number of rotatable bonds is 8. The lowest BCUT2D eigenvalue weighted by molar-refractivity contribution is -0.126. The van der Waals surface area contributed by atoms with Crippen LogP contribution in [-0.2, 0) is 14.8 Å². The number of piperidine rings is 1. The van der Waals surface area contributed by atoms with Crippen molar-refractivity contribution in [3.05, 3.63) is 60.2 Å². The van der Waals surface area contributed by atoms with Gasteiger partial charge in [0.05, 0.1) is 4.90 Å². The Morgan fingerprint density at radius 1 is 0.914 bits per heavy atom. The molecule has 7 nitrogen and oxygen atoms in total. The van der Waals surface area contributed by atoms with Gasteiger partial charge in [0.25, 0.3) is 0 Å². The highest BCUT2D eigenvalue weighted by atomic mass is 32.2. The molecule has 2 aliphatic heterocycles. The van der Waals surface area contributed by atoms with Gasteiger partial charge in [-0.2, -0.15) is 4.31 Å². The zero-order valence-electron chi connectivity index (χ0n) is 20.9. The van der Waals surface area contributed by atoms with E-state index in [-0.39, 0.29) is 11.8 Å². The van der Waals surface area contributed by atoms with Gasteiger partial charge in [0, 0.05) is 64.0 Å². The molecule has 2 aromatic carbocycles. The van der Waals surface area contributed by atoms with E-state index in [0.717, 1.165) is 38.3 Å². The Hall–Kier alpha value is -2.42. The fraction of sp³-hybridized carbons (Fsp3) is 0.519. The summed E-state index contributed by atoms with van der Waals surface area (Å²) in [6.45, 7) is 10.4. The van der Waals surface area contributed by atoms with Crippen LogP contribution in [0.15, 0.2) is 59.5 Å². The summed E-state index contributed by atoms with van der Waals surface area (Å²) in [5.74, 6) is 0.283. The molecular formula is C27H38N4O3S. The molecular weight excluding hydrogens is 460 g/mol. The fourth-order valence-electron chi connectivity index (χ4n) is 4.88. The maximum Gasteiger partial charge on any atom is 0.243 e. The van der Waals surface area contributed by atoms with Crippen molar-refractivity contribution in [1.29, 1.82) is 0 Å². The monoisotopic (exact) mass is 498 g/mol. The van der Waals surface area contributed by atoms with Crippen LogP contribution < -0.4 is 10.2 Å². The van der Waals surface area contributed by atoms with E-state index in [1.807, 2.05) is 18.2 Å². The zero-order valence-corrected chi connectivity index (χ0v) is 21.7. The molecule has 0 saturated carbocycles. The molecule has 0 aliphatic carbocycles. The van der Waals surface area contributed by atoms with Crippen LogP contribution in [-0.4, -0.2) is 75.9 Å². The molecule has 190 valence electrons. The maximum atomic E-state index is 13.0. The minimum Gasteiger partial charge on any atom is -0.369 e. The third-order valence-electron chi connectivity index (χ3n) is 7.23. The molecule has 2 aliphatic rings. The van der Waals surface area contributed by atoms with Gasteiger partial charge in [-0.15, -0.1) is 0 Å². The maximum absolute atomic E-state index is 13.0. The van der Waals surface area contributed by atoms with Crippen molar-refractivity contribution in [2.45, 2.75) is 37.5 Å². The topological polar surface area (TPSA) is 73.0 Å². The van der Waals surface area contributed by atoms with Crippen LogP contribution in [0.5, 0.6) is 0 Å².